The Hall–Kier alpha value is -1.89. The molecule has 1 aliphatic carbocycles. The number of hydrogen-bond acceptors (Lipinski definition) is 4. The Labute approximate surface area is 142 Å². The molecule has 1 atom stereocenters. The monoisotopic (exact) mass is 334 g/mol. The molecule has 0 spiro atoms. The van der Waals surface area contributed by atoms with E-state index in [4.69, 9.17) is 4.74 Å². The van der Waals surface area contributed by atoms with Crippen LogP contribution in [0, 0.1) is 0 Å². The Morgan fingerprint density at radius 1 is 1.42 bits per heavy atom. The van der Waals surface area contributed by atoms with Crippen molar-refractivity contribution in [2.24, 2.45) is 0 Å². The maximum absolute atomic E-state index is 12.8. The third-order valence-electron chi connectivity index (χ3n) is 5.00. The van der Waals surface area contributed by atoms with Gasteiger partial charge in [-0.15, -0.1) is 0 Å². The molecule has 2 amide bonds. The predicted molar refractivity (Wildman–Crippen MR) is 88.6 cm³/mol. The van der Waals surface area contributed by atoms with Crippen LogP contribution >= 0.6 is 0 Å². The fraction of sp³-hybridized carbons (Fsp3) is 0.706. The number of carbonyl (C=O) groups is 2. The van der Waals surface area contributed by atoms with Crippen LogP contribution < -0.4 is 5.32 Å². The number of amides is 2. The molecule has 132 valence electrons. The average Bonchev–Trinajstić information content (AvgIpc) is 3.25. The molecule has 2 heterocycles. The van der Waals surface area contributed by atoms with Gasteiger partial charge in [0.05, 0.1) is 25.7 Å². The zero-order valence-electron chi connectivity index (χ0n) is 14.5. The van der Waals surface area contributed by atoms with E-state index in [1.165, 1.54) is 0 Å². The molecule has 7 heteroatoms. The minimum atomic E-state index is -0.992. The lowest BCUT2D eigenvalue weighted by molar-refractivity contribution is -0.154. The summed E-state index contributed by atoms with van der Waals surface area (Å²) in [5, 5.41) is 3.09. The Morgan fingerprint density at radius 2 is 2.17 bits per heavy atom. The summed E-state index contributed by atoms with van der Waals surface area (Å²) in [7, 11) is 0. The van der Waals surface area contributed by atoms with Crippen LogP contribution in [-0.2, 0) is 16.1 Å². The van der Waals surface area contributed by atoms with Gasteiger partial charge in [0, 0.05) is 19.1 Å². The third kappa shape index (κ3) is 3.31. The topological polar surface area (TPSA) is 76.5 Å². The minimum Gasteiger partial charge on any atom is -0.362 e. The van der Waals surface area contributed by atoms with Gasteiger partial charge in [-0.05, 0) is 26.7 Å². The van der Waals surface area contributed by atoms with E-state index < -0.39 is 5.60 Å². The quantitative estimate of drug-likeness (QED) is 0.897. The Kier molecular flexibility index (Phi) is 4.89. The second-order valence-corrected chi connectivity index (χ2v) is 6.83. The van der Waals surface area contributed by atoms with Crippen molar-refractivity contribution in [2.45, 2.75) is 57.7 Å². The zero-order valence-corrected chi connectivity index (χ0v) is 14.5. The molecule has 1 N–H and O–H groups in total. The van der Waals surface area contributed by atoms with Gasteiger partial charge in [0.15, 0.2) is 5.60 Å². The molecule has 1 aromatic heterocycles. The van der Waals surface area contributed by atoms with E-state index in [1.807, 2.05) is 11.5 Å². The van der Waals surface area contributed by atoms with Crippen LogP contribution in [0.15, 0.2) is 12.5 Å². The number of morpholine rings is 1. The number of aryl methyl sites for hydroxylation is 1. The van der Waals surface area contributed by atoms with E-state index in [-0.39, 0.29) is 24.4 Å². The van der Waals surface area contributed by atoms with Crippen molar-refractivity contribution in [3.63, 3.8) is 0 Å². The smallest absolute Gasteiger partial charge is 0.272 e. The first-order chi connectivity index (χ1) is 11.5. The number of nitrogens with zero attached hydrogens (tertiary/aromatic N) is 3. The summed E-state index contributed by atoms with van der Waals surface area (Å²) in [5.41, 5.74) is -0.439. The highest BCUT2D eigenvalue weighted by molar-refractivity contribution is 5.93. The van der Waals surface area contributed by atoms with Gasteiger partial charge in [-0.2, -0.15) is 0 Å². The van der Waals surface area contributed by atoms with E-state index in [0.29, 0.717) is 25.4 Å². The van der Waals surface area contributed by atoms with Gasteiger partial charge in [0.2, 0.25) is 0 Å². The molecular formula is C17H26N4O3. The van der Waals surface area contributed by atoms with Gasteiger partial charge in [0.1, 0.15) is 5.69 Å². The molecule has 0 unspecified atom stereocenters. The summed E-state index contributed by atoms with van der Waals surface area (Å²) < 4.78 is 7.58. The molecule has 0 bridgehead atoms. The summed E-state index contributed by atoms with van der Waals surface area (Å²) in [6.45, 7) is 5.54. The SMILES string of the molecule is CCn1cncc1C(=O)N1CCO[C@@](C)(C(=O)NC2CCCC2)C1. The summed E-state index contributed by atoms with van der Waals surface area (Å²) >= 11 is 0. The molecular weight excluding hydrogens is 308 g/mol. The lowest BCUT2D eigenvalue weighted by Gasteiger charge is -2.39. The van der Waals surface area contributed by atoms with Crippen molar-refractivity contribution >= 4 is 11.8 Å². The van der Waals surface area contributed by atoms with Crippen LogP contribution in [0.2, 0.25) is 0 Å². The van der Waals surface area contributed by atoms with E-state index >= 15 is 0 Å². The van der Waals surface area contributed by atoms with E-state index in [0.717, 1.165) is 25.7 Å². The molecule has 24 heavy (non-hydrogen) atoms. The largest absolute Gasteiger partial charge is 0.362 e. The highest BCUT2D eigenvalue weighted by atomic mass is 16.5. The Morgan fingerprint density at radius 3 is 2.88 bits per heavy atom. The molecule has 1 aromatic rings. The summed E-state index contributed by atoms with van der Waals surface area (Å²) in [5.74, 6) is -0.214. The van der Waals surface area contributed by atoms with E-state index in [2.05, 4.69) is 10.3 Å². The summed E-state index contributed by atoms with van der Waals surface area (Å²) in [6.07, 6.45) is 7.61. The summed E-state index contributed by atoms with van der Waals surface area (Å²) in [6, 6.07) is 0.241. The van der Waals surface area contributed by atoms with Gasteiger partial charge >= 0.3 is 0 Å². The third-order valence-corrected chi connectivity index (χ3v) is 5.00. The van der Waals surface area contributed by atoms with Crippen molar-refractivity contribution in [3.05, 3.63) is 18.2 Å². The molecule has 2 aliphatic rings. The first-order valence-corrected chi connectivity index (χ1v) is 8.78. The molecule has 1 aliphatic heterocycles. The molecule has 2 fully saturated rings. The van der Waals surface area contributed by atoms with Crippen molar-refractivity contribution < 1.29 is 14.3 Å². The van der Waals surface area contributed by atoms with Crippen molar-refractivity contribution in [1.29, 1.82) is 0 Å². The Bertz CT molecular complexity index is 609. The molecule has 3 rings (SSSR count). The number of rotatable bonds is 4. The first-order valence-electron chi connectivity index (χ1n) is 8.78. The van der Waals surface area contributed by atoms with Crippen LogP contribution in [0.25, 0.3) is 0 Å². The number of carbonyl (C=O) groups excluding carboxylic acids is 2. The normalized spacial score (nSPS) is 25.0. The highest BCUT2D eigenvalue weighted by Gasteiger charge is 2.42. The standard InChI is InChI=1S/C17H26N4O3/c1-3-20-12-18-10-14(20)15(22)21-8-9-24-17(2,11-21)16(23)19-13-6-4-5-7-13/h10,12-13H,3-9,11H2,1-2H3,(H,19,23)/t17-/m1/s1. The number of aromatic nitrogens is 2. The van der Waals surface area contributed by atoms with Crippen LogP contribution in [0.4, 0.5) is 0 Å². The number of ether oxygens (including phenoxy) is 1. The fourth-order valence-electron chi connectivity index (χ4n) is 3.50. The summed E-state index contributed by atoms with van der Waals surface area (Å²) in [4.78, 5) is 31.2. The number of imidazole rings is 1. The van der Waals surface area contributed by atoms with Crippen LogP contribution in [-0.4, -0.2) is 57.6 Å². The average molecular weight is 334 g/mol. The highest BCUT2D eigenvalue weighted by Crippen LogP contribution is 2.23. The van der Waals surface area contributed by atoms with Crippen LogP contribution in [0.1, 0.15) is 50.0 Å². The van der Waals surface area contributed by atoms with Gasteiger partial charge < -0.3 is 19.5 Å². The second kappa shape index (κ2) is 6.93. The zero-order chi connectivity index (χ0) is 17.2. The van der Waals surface area contributed by atoms with Gasteiger partial charge in [-0.1, -0.05) is 12.8 Å². The van der Waals surface area contributed by atoms with E-state index in [9.17, 15) is 9.59 Å². The lowest BCUT2D eigenvalue weighted by Crippen LogP contribution is -2.60. The molecule has 0 aromatic carbocycles. The number of hydrogen-bond donors (Lipinski definition) is 1. The van der Waals surface area contributed by atoms with Crippen molar-refractivity contribution in [2.75, 3.05) is 19.7 Å². The maximum Gasteiger partial charge on any atom is 0.272 e. The fourth-order valence-corrected chi connectivity index (χ4v) is 3.50. The van der Waals surface area contributed by atoms with Gasteiger partial charge in [-0.3, -0.25) is 9.59 Å². The van der Waals surface area contributed by atoms with Crippen LogP contribution in [0.5, 0.6) is 0 Å². The van der Waals surface area contributed by atoms with E-state index in [1.54, 1.807) is 24.3 Å². The lowest BCUT2D eigenvalue weighted by atomic mass is 10.0. The number of nitrogens with one attached hydrogen (secondary N) is 1. The Balaban J connectivity index is 1.68. The molecule has 7 nitrogen and oxygen atoms in total. The molecule has 1 saturated heterocycles. The van der Waals surface area contributed by atoms with Crippen molar-refractivity contribution in [3.8, 4) is 0 Å². The van der Waals surface area contributed by atoms with Gasteiger partial charge in [0.25, 0.3) is 11.8 Å². The van der Waals surface area contributed by atoms with Gasteiger partial charge in [-0.25, -0.2) is 4.98 Å². The second-order valence-electron chi connectivity index (χ2n) is 6.83. The van der Waals surface area contributed by atoms with Crippen LogP contribution in [0.3, 0.4) is 0 Å². The maximum atomic E-state index is 12.8. The predicted octanol–water partition coefficient (Wildman–Crippen LogP) is 1.19. The molecule has 0 radical (unpaired) electrons. The van der Waals surface area contributed by atoms with Crippen molar-refractivity contribution in [1.82, 2.24) is 19.8 Å². The minimum absolute atomic E-state index is 0.0995. The molecule has 1 saturated carbocycles. The first kappa shape index (κ1) is 17.0.